The molecule has 0 fully saturated rings. The molecule has 0 aliphatic carbocycles. The van der Waals surface area contributed by atoms with Crippen LogP contribution in [0, 0.1) is 0 Å². The normalized spacial score (nSPS) is 10.6. The van der Waals surface area contributed by atoms with Crippen molar-refractivity contribution < 1.29 is 23.7 Å². The van der Waals surface area contributed by atoms with Gasteiger partial charge in [0.1, 0.15) is 11.5 Å². The summed E-state index contributed by atoms with van der Waals surface area (Å²) in [6.07, 6.45) is 1.05. The summed E-state index contributed by atoms with van der Waals surface area (Å²) in [7, 11) is 3.11. The van der Waals surface area contributed by atoms with Crippen molar-refractivity contribution in [3.63, 3.8) is 0 Å². The van der Waals surface area contributed by atoms with Gasteiger partial charge >= 0.3 is 0 Å². The third kappa shape index (κ3) is 5.95. The van der Waals surface area contributed by atoms with Gasteiger partial charge in [0.2, 0.25) is 5.91 Å². The molecule has 28 heavy (non-hydrogen) atoms. The molecule has 0 spiro atoms. The largest absolute Gasteiger partial charge is 0.467 e. The van der Waals surface area contributed by atoms with E-state index in [0.717, 1.165) is 23.1 Å². The molecule has 2 rings (SSSR count). The molecule has 1 N–H and O–H groups in total. The molecule has 152 valence electrons. The van der Waals surface area contributed by atoms with Crippen LogP contribution in [0.5, 0.6) is 11.5 Å². The van der Waals surface area contributed by atoms with Crippen LogP contribution in [-0.4, -0.2) is 40.3 Å². The fraction of sp³-hybridized carbons (Fsp3) is 0.381. The summed E-state index contributed by atoms with van der Waals surface area (Å²) in [5.41, 5.74) is 2.53. The van der Waals surface area contributed by atoms with E-state index in [4.69, 9.17) is 18.9 Å². The molecular weight excluding hydrogens is 426 g/mol. The number of carbonyl (C=O) groups excluding carboxylic acids is 1. The number of nitrogens with one attached hydrogen (secondary N) is 1. The van der Waals surface area contributed by atoms with E-state index in [9.17, 15) is 4.79 Å². The van der Waals surface area contributed by atoms with Crippen molar-refractivity contribution in [1.82, 2.24) is 5.32 Å². The predicted molar refractivity (Wildman–Crippen MR) is 112 cm³/mol. The zero-order valence-corrected chi connectivity index (χ0v) is 18.0. The number of rotatable bonds is 11. The first-order chi connectivity index (χ1) is 13.6. The highest BCUT2D eigenvalue weighted by Gasteiger charge is 2.22. The van der Waals surface area contributed by atoms with Crippen molar-refractivity contribution in [3.8, 4) is 22.6 Å². The van der Waals surface area contributed by atoms with Crippen molar-refractivity contribution in [2.45, 2.75) is 19.8 Å². The van der Waals surface area contributed by atoms with Gasteiger partial charge in [0.05, 0.1) is 10.9 Å². The summed E-state index contributed by atoms with van der Waals surface area (Å²) in [6.45, 7) is 2.80. The number of amides is 1. The number of hydrogen-bond acceptors (Lipinski definition) is 5. The second-order valence-electron chi connectivity index (χ2n) is 6.03. The Morgan fingerprint density at radius 3 is 2.29 bits per heavy atom. The second-order valence-corrected chi connectivity index (χ2v) is 6.83. The molecule has 7 heteroatoms. The minimum absolute atomic E-state index is 0.0682. The number of ether oxygens (including phenoxy) is 4. The molecule has 0 saturated heterocycles. The maximum atomic E-state index is 12.5. The minimum Gasteiger partial charge on any atom is -0.467 e. The van der Waals surface area contributed by atoms with Crippen molar-refractivity contribution in [3.05, 3.63) is 46.4 Å². The predicted octanol–water partition coefficient (Wildman–Crippen LogP) is 4.15. The van der Waals surface area contributed by atoms with E-state index in [-0.39, 0.29) is 25.9 Å². The Morgan fingerprint density at radius 1 is 1.04 bits per heavy atom. The first-order valence-corrected chi connectivity index (χ1v) is 9.82. The van der Waals surface area contributed by atoms with Gasteiger partial charge < -0.3 is 24.3 Å². The Balaban J connectivity index is 2.58. The molecule has 0 aromatic heterocycles. The smallest absolute Gasteiger partial charge is 0.224 e. The summed E-state index contributed by atoms with van der Waals surface area (Å²) in [4.78, 5) is 12.5. The van der Waals surface area contributed by atoms with Crippen LogP contribution in [0.1, 0.15) is 18.9 Å². The second kappa shape index (κ2) is 11.7. The fourth-order valence-corrected chi connectivity index (χ4v) is 3.27. The molecule has 0 aliphatic rings. The molecule has 0 heterocycles. The quantitative estimate of drug-likeness (QED) is 0.519. The maximum absolute atomic E-state index is 12.5. The summed E-state index contributed by atoms with van der Waals surface area (Å²) < 4.78 is 22.3. The van der Waals surface area contributed by atoms with Gasteiger partial charge in [0, 0.05) is 32.4 Å². The third-order valence-corrected chi connectivity index (χ3v) is 4.80. The van der Waals surface area contributed by atoms with Crippen LogP contribution in [0.2, 0.25) is 0 Å². The zero-order valence-electron chi connectivity index (χ0n) is 16.4. The number of halogens is 1. The van der Waals surface area contributed by atoms with E-state index < -0.39 is 0 Å². The lowest BCUT2D eigenvalue weighted by Crippen LogP contribution is -2.26. The zero-order chi connectivity index (χ0) is 20.4. The number of methoxy groups -OCH3 is 2. The van der Waals surface area contributed by atoms with E-state index in [2.05, 4.69) is 21.2 Å². The summed E-state index contributed by atoms with van der Waals surface area (Å²) in [5, 5.41) is 2.92. The first-order valence-electron chi connectivity index (χ1n) is 9.03. The van der Waals surface area contributed by atoms with Gasteiger partial charge in [-0.2, -0.15) is 0 Å². The van der Waals surface area contributed by atoms with Crippen molar-refractivity contribution >= 4 is 21.8 Å². The molecule has 1 amide bonds. The Hall–Kier alpha value is -2.09. The minimum atomic E-state index is -0.0682. The van der Waals surface area contributed by atoms with Crippen LogP contribution >= 0.6 is 15.9 Å². The molecule has 0 aliphatic heterocycles. The van der Waals surface area contributed by atoms with E-state index in [1.165, 1.54) is 0 Å². The molecule has 6 nitrogen and oxygen atoms in total. The third-order valence-electron chi connectivity index (χ3n) is 3.93. The Labute approximate surface area is 174 Å². The lowest BCUT2D eigenvalue weighted by molar-refractivity contribution is -0.120. The molecule has 2 aromatic rings. The standard InChI is InChI=1S/C21H26BrNO5/c1-4-10-23-19(24)11-16-20(15-8-6-5-7-9-15)17(27-13-25-2)12-18(21(16)22)28-14-26-3/h5-9,12H,4,10-11,13-14H2,1-3H3,(H,23,24). The molecular formula is C21H26BrNO5. The summed E-state index contributed by atoms with van der Waals surface area (Å²) in [6, 6.07) is 11.6. The number of hydrogen-bond donors (Lipinski definition) is 1. The highest BCUT2D eigenvalue weighted by molar-refractivity contribution is 9.10. The van der Waals surface area contributed by atoms with Crippen molar-refractivity contribution in [2.75, 3.05) is 34.4 Å². The van der Waals surface area contributed by atoms with E-state index in [1.54, 1.807) is 20.3 Å². The van der Waals surface area contributed by atoms with Crippen LogP contribution in [0.25, 0.3) is 11.1 Å². The van der Waals surface area contributed by atoms with Gasteiger partial charge in [-0.1, -0.05) is 37.3 Å². The van der Waals surface area contributed by atoms with Gasteiger partial charge in [0.15, 0.2) is 13.6 Å². The van der Waals surface area contributed by atoms with Crippen molar-refractivity contribution in [1.29, 1.82) is 0 Å². The van der Waals surface area contributed by atoms with Gasteiger partial charge in [-0.05, 0) is 33.5 Å². The van der Waals surface area contributed by atoms with E-state index >= 15 is 0 Å². The van der Waals surface area contributed by atoms with Crippen LogP contribution in [0.3, 0.4) is 0 Å². The molecule has 0 bridgehead atoms. The maximum Gasteiger partial charge on any atom is 0.224 e. The molecule has 0 radical (unpaired) electrons. The van der Waals surface area contributed by atoms with Crippen LogP contribution < -0.4 is 14.8 Å². The van der Waals surface area contributed by atoms with Gasteiger partial charge in [-0.25, -0.2) is 0 Å². The lowest BCUT2D eigenvalue weighted by atomic mass is 9.95. The number of benzene rings is 2. The Kier molecular flexibility index (Phi) is 9.27. The van der Waals surface area contributed by atoms with Crippen LogP contribution in [0.4, 0.5) is 0 Å². The topological polar surface area (TPSA) is 66.0 Å². The molecule has 0 unspecified atom stereocenters. The molecule has 0 saturated carbocycles. The van der Waals surface area contributed by atoms with Crippen molar-refractivity contribution in [2.24, 2.45) is 0 Å². The van der Waals surface area contributed by atoms with Crippen LogP contribution in [0.15, 0.2) is 40.9 Å². The monoisotopic (exact) mass is 451 g/mol. The highest BCUT2D eigenvalue weighted by Crippen LogP contribution is 2.43. The first kappa shape index (κ1) is 22.2. The van der Waals surface area contributed by atoms with E-state index in [1.807, 2.05) is 37.3 Å². The van der Waals surface area contributed by atoms with Gasteiger partial charge in [-0.3, -0.25) is 4.79 Å². The summed E-state index contributed by atoms with van der Waals surface area (Å²) >= 11 is 3.61. The van der Waals surface area contributed by atoms with Gasteiger partial charge in [-0.15, -0.1) is 0 Å². The highest BCUT2D eigenvalue weighted by atomic mass is 79.9. The van der Waals surface area contributed by atoms with Gasteiger partial charge in [0.25, 0.3) is 0 Å². The Bertz CT molecular complexity index is 767. The number of carbonyl (C=O) groups is 1. The van der Waals surface area contributed by atoms with E-state index in [0.29, 0.717) is 22.5 Å². The molecule has 2 aromatic carbocycles. The fourth-order valence-electron chi connectivity index (χ4n) is 2.70. The SMILES string of the molecule is CCCNC(=O)Cc1c(Br)c(OCOC)cc(OCOC)c1-c1ccccc1. The Morgan fingerprint density at radius 2 is 1.68 bits per heavy atom. The lowest BCUT2D eigenvalue weighted by Gasteiger charge is -2.20. The molecule has 0 atom stereocenters. The average Bonchev–Trinajstić information content (AvgIpc) is 2.72. The average molecular weight is 452 g/mol. The summed E-state index contributed by atoms with van der Waals surface area (Å²) in [5.74, 6) is 1.04. The van der Waals surface area contributed by atoms with Crippen LogP contribution in [-0.2, 0) is 20.7 Å².